The van der Waals surface area contributed by atoms with E-state index < -0.39 is 0 Å². The lowest BCUT2D eigenvalue weighted by molar-refractivity contribution is 0.167. The molecule has 0 saturated carbocycles. The number of pyridine rings is 1. The van der Waals surface area contributed by atoms with Gasteiger partial charge in [-0.15, -0.1) is 17.0 Å². The fourth-order valence-corrected chi connectivity index (χ4v) is 0.603. The molecular weight excluding hydrogens is 214 g/mol. The van der Waals surface area contributed by atoms with Crippen LogP contribution in [-0.4, -0.2) is 15.0 Å². The van der Waals surface area contributed by atoms with Gasteiger partial charge in [-0.05, 0) is 12.1 Å². The van der Waals surface area contributed by atoms with Crippen LogP contribution in [-0.2, 0) is 0 Å². The van der Waals surface area contributed by atoms with Crippen LogP contribution in [0.4, 0.5) is 0 Å². The molecule has 0 unspecified atom stereocenters. The molecule has 5 nitrogen and oxygen atoms in total. The zero-order chi connectivity index (χ0) is 7.56. The summed E-state index contributed by atoms with van der Waals surface area (Å²) in [6, 6.07) is 2.84. The molecule has 0 aliphatic heterocycles. The minimum absolute atomic E-state index is 0. The van der Waals surface area contributed by atoms with Crippen LogP contribution in [0.5, 0.6) is 5.75 Å². The Morgan fingerprint density at radius 2 is 2.18 bits per heavy atom. The van der Waals surface area contributed by atoms with Crippen molar-refractivity contribution in [1.29, 1.82) is 0 Å². The molecule has 1 rings (SSSR count). The van der Waals surface area contributed by atoms with Crippen molar-refractivity contribution in [2.24, 2.45) is 10.9 Å². The van der Waals surface area contributed by atoms with Gasteiger partial charge in [0, 0.05) is 6.20 Å². The summed E-state index contributed by atoms with van der Waals surface area (Å²) in [5, 5.41) is 20.9. The number of aromatic nitrogens is 1. The summed E-state index contributed by atoms with van der Waals surface area (Å²) in [5.74, 6) is 4.68. The van der Waals surface area contributed by atoms with Gasteiger partial charge in [0.25, 0.3) is 0 Å². The van der Waals surface area contributed by atoms with Gasteiger partial charge < -0.3 is 16.2 Å². The third-order valence-electron chi connectivity index (χ3n) is 1.05. The molecule has 0 bridgehead atoms. The normalized spacial score (nSPS) is 10.7. The quantitative estimate of drug-likeness (QED) is 0.322. The maximum atomic E-state index is 8.94. The Hall–Kier alpha value is -1.17. The molecule has 0 aliphatic rings. The fourth-order valence-electron chi connectivity index (χ4n) is 0.603. The van der Waals surface area contributed by atoms with Crippen molar-refractivity contribution in [3.8, 4) is 5.75 Å². The van der Waals surface area contributed by atoms with Crippen LogP contribution < -0.4 is 11.3 Å². The van der Waals surface area contributed by atoms with Gasteiger partial charge in [-0.25, -0.2) is 0 Å². The second-order valence-corrected chi connectivity index (χ2v) is 1.69. The van der Waals surface area contributed by atoms with Crippen LogP contribution in [0.25, 0.3) is 0 Å². The van der Waals surface area contributed by atoms with Crippen LogP contribution in [0.3, 0.4) is 0 Å². The molecule has 62 valence electrons. The first-order valence-electron chi connectivity index (χ1n) is 2.59. The summed E-state index contributed by atoms with van der Waals surface area (Å²) in [7, 11) is 0. The van der Waals surface area contributed by atoms with E-state index in [-0.39, 0.29) is 28.2 Å². The molecule has 1 heterocycles. The first-order valence-corrected chi connectivity index (χ1v) is 2.59. The summed E-state index contributed by atoms with van der Waals surface area (Å²) in [6.07, 6.45) is 1.31. The van der Waals surface area contributed by atoms with Gasteiger partial charge in [0.15, 0.2) is 5.75 Å². The predicted octanol–water partition coefficient (Wildman–Crippen LogP) is -0.217. The molecule has 11 heavy (non-hydrogen) atoms. The Morgan fingerprint density at radius 3 is 2.55 bits per heavy atom. The Bertz CT molecular complexity index is 273. The molecule has 6 heteroatoms. The zero-order valence-electron chi connectivity index (χ0n) is 5.51. The van der Waals surface area contributed by atoms with Crippen molar-refractivity contribution in [2.75, 3.05) is 0 Å². The maximum absolute atomic E-state index is 8.94. The molecule has 0 spiro atoms. The second kappa shape index (κ2) is 3.87. The highest BCUT2D eigenvalue weighted by Gasteiger charge is 1.93. The lowest BCUT2D eigenvalue weighted by Gasteiger charge is -1.96. The van der Waals surface area contributed by atoms with Crippen molar-refractivity contribution >= 4 is 17.0 Å². The number of nitrogens with two attached hydrogens (primary N) is 1. The van der Waals surface area contributed by atoms with Crippen LogP contribution in [0, 0.1) is 0 Å². The average molecular weight is 222 g/mol. The summed E-state index contributed by atoms with van der Waals surface area (Å²) in [6.45, 7) is 0. The number of halogens is 1. The van der Waals surface area contributed by atoms with E-state index in [1.165, 1.54) is 18.3 Å². The number of nitrogens with zero attached hydrogens (tertiary/aromatic N) is 2. The summed E-state index contributed by atoms with van der Waals surface area (Å²) in [5.41, 5.74) is -0.0671. The second-order valence-electron chi connectivity index (χ2n) is 1.69. The van der Waals surface area contributed by atoms with Gasteiger partial charge >= 0.3 is 0 Å². The number of rotatable bonds is 0. The molecule has 0 aromatic carbocycles. The zero-order valence-corrected chi connectivity index (χ0v) is 7.22. The Labute approximate surface area is 73.1 Å². The van der Waals surface area contributed by atoms with Crippen LogP contribution in [0.2, 0.25) is 0 Å². The maximum Gasteiger partial charge on any atom is 0.228 e. The van der Waals surface area contributed by atoms with Gasteiger partial charge in [0.1, 0.15) is 0 Å². The van der Waals surface area contributed by atoms with Gasteiger partial charge in [0.05, 0.1) is 0 Å². The van der Waals surface area contributed by atoms with E-state index in [2.05, 4.69) is 5.10 Å². The summed E-state index contributed by atoms with van der Waals surface area (Å²) < 4.78 is 0.634. The molecule has 0 radical (unpaired) electrons. The first-order chi connectivity index (χ1) is 4.75. The molecule has 1 aromatic heterocycles. The van der Waals surface area contributed by atoms with Crippen molar-refractivity contribution in [1.82, 2.24) is 4.73 Å². The van der Waals surface area contributed by atoms with Gasteiger partial charge in [-0.1, -0.05) is 0 Å². The molecule has 0 saturated heterocycles. The summed E-state index contributed by atoms with van der Waals surface area (Å²) >= 11 is 0. The molecular formula is C5H8BrN3O2. The lowest BCUT2D eigenvalue weighted by Crippen LogP contribution is -2.19. The Morgan fingerprint density at radius 1 is 1.55 bits per heavy atom. The van der Waals surface area contributed by atoms with Gasteiger partial charge in [0.2, 0.25) is 5.49 Å². The smallest absolute Gasteiger partial charge is 0.228 e. The number of hydrogen-bond acceptors (Lipinski definition) is 4. The third-order valence-corrected chi connectivity index (χ3v) is 1.05. The van der Waals surface area contributed by atoms with Crippen LogP contribution >= 0.6 is 17.0 Å². The highest BCUT2D eigenvalue weighted by atomic mass is 79.9. The van der Waals surface area contributed by atoms with Gasteiger partial charge in [-0.3, -0.25) is 0 Å². The lowest BCUT2D eigenvalue weighted by atomic mass is 10.4. The summed E-state index contributed by atoms with van der Waals surface area (Å²) in [4.78, 5) is 0. The number of aromatic hydroxyl groups is 1. The molecule has 0 atom stereocenters. The Kier molecular flexibility index (Phi) is 3.46. The fraction of sp³-hybridized carbons (Fsp3) is 0. The topological polar surface area (TPSA) is 83.8 Å². The highest BCUT2D eigenvalue weighted by molar-refractivity contribution is 8.93. The molecule has 0 aliphatic carbocycles. The van der Waals surface area contributed by atoms with E-state index in [4.69, 9.17) is 16.2 Å². The van der Waals surface area contributed by atoms with Crippen molar-refractivity contribution in [2.45, 2.75) is 0 Å². The third kappa shape index (κ3) is 1.87. The largest absolute Gasteiger partial charge is 0.504 e. The van der Waals surface area contributed by atoms with E-state index in [9.17, 15) is 0 Å². The minimum atomic E-state index is -0.160. The average Bonchev–Trinajstić information content (AvgIpc) is 1.88. The van der Waals surface area contributed by atoms with E-state index in [0.29, 0.717) is 4.73 Å². The van der Waals surface area contributed by atoms with E-state index in [1.54, 1.807) is 0 Å². The van der Waals surface area contributed by atoms with E-state index in [1.807, 2.05) is 0 Å². The number of hydrogen-bond donors (Lipinski definition) is 3. The van der Waals surface area contributed by atoms with Gasteiger partial charge in [-0.2, -0.15) is 9.83 Å². The van der Waals surface area contributed by atoms with E-state index >= 15 is 0 Å². The monoisotopic (exact) mass is 221 g/mol. The highest BCUT2D eigenvalue weighted by Crippen LogP contribution is 1.95. The van der Waals surface area contributed by atoms with Crippen molar-refractivity contribution in [3.63, 3.8) is 0 Å². The molecule has 0 amide bonds. The van der Waals surface area contributed by atoms with Crippen LogP contribution in [0.15, 0.2) is 23.4 Å². The molecule has 4 N–H and O–H groups in total. The molecule has 1 aromatic rings. The predicted molar refractivity (Wildman–Crippen MR) is 43.4 cm³/mol. The van der Waals surface area contributed by atoms with Crippen LogP contribution in [0.1, 0.15) is 0 Å². The first kappa shape index (κ1) is 9.83. The van der Waals surface area contributed by atoms with Crippen molar-refractivity contribution in [3.05, 3.63) is 23.8 Å². The standard InChI is InChI=1S/C5H7N3O2.BrH/c6-7-5-4(9)2-1-3-8(5)10;/h1-3,9-10H,6H2;1H/b7-5-;. The SMILES string of the molecule is Br.N/N=c1/c(O)cccn1O. The van der Waals surface area contributed by atoms with Crippen molar-refractivity contribution < 1.29 is 10.3 Å². The Balaban J connectivity index is 0.000001000. The molecule has 0 fully saturated rings. The van der Waals surface area contributed by atoms with E-state index in [0.717, 1.165) is 0 Å². The minimum Gasteiger partial charge on any atom is -0.504 e.